The molecule has 0 atom stereocenters. The van der Waals surface area contributed by atoms with Crippen molar-refractivity contribution in [3.63, 3.8) is 0 Å². The highest BCUT2D eigenvalue weighted by atomic mass is 127. The molecule has 0 bridgehead atoms. The molecule has 0 aliphatic heterocycles. The van der Waals surface area contributed by atoms with Gasteiger partial charge in [-0.05, 0) is 48.6 Å². The highest BCUT2D eigenvalue weighted by Gasteiger charge is 2.38. The lowest BCUT2D eigenvalue weighted by atomic mass is 10.2. The number of amides is 1. The molecule has 0 saturated carbocycles. The summed E-state index contributed by atoms with van der Waals surface area (Å²) in [5, 5.41) is 2.48. The van der Waals surface area contributed by atoms with E-state index in [0.717, 1.165) is 9.83 Å². The number of anilines is 1. The van der Waals surface area contributed by atoms with Gasteiger partial charge < -0.3 is 5.32 Å². The summed E-state index contributed by atoms with van der Waals surface area (Å²) >= 11 is 2.09. The van der Waals surface area contributed by atoms with Crippen LogP contribution in [0.25, 0.3) is 0 Å². The first-order valence-electron chi connectivity index (χ1n) is 4.77. The van der Waals surface area contributed by atoms with E-state index >= 15 is 0 Å². The van der Waals surface area contributed by atoms with Crippen LogP contribution in [0.4, 0.5) is 5.82 Å². The Bertz CT molecular complexity index is 523. The number of hydrogen-bond acceptors (Lipinski definition) is 4. The summed E-state index contributed by atoms with van der Waals surface area (Å²) in [7, 11) is -3.47. The topological polar surface area (TPSA) is 76.1 Å². The summed E-state index contributed by atoms with van der Waals surface area (Å²) in [6.07, 6.45) is 2.62. The molecule has 0 aliphatic carbocycles. The maximum atomic E-state index is 11.8. The Balaban J connectivity index is 2.90. The zero-order valence-corrected chi connectivity index (χ0v) is 12.7. The number of pyridine rings is 1. The van der Waals surface area contributed by atoms with Gasteiger partial charge in [0.15, 0.2) is 9.84 Å². The molecular weight excluding hydrogens is 355 g/mol. The fraction of sp³-hybridized carbons (Fsp3) is 0.400. The average molecular weight is 368 g/mol. The van der Waals surface area contributed by atoms with E-state index < -0.39 is 20.5 Å². The van der Waals surface area contributed by atoms with Crippen LogP contribution in [0.1, 0.15) is 13.8 Å². The standard InChI is InChI=1S/C10H13IN2O3S/c1-10(2,17(3,15)16)9(14)13-8-5-4-7(11)6-12-8/h4-6H,1-3H3,(H,12,13,14). The maximum Gasteiger partial charge on any atom is 0.246 e. The number of nitrogens with one attached hydrogen (secondary N) is 1. The van der Waals surface area contributed by atoms with Gasteiger partial charge in [-0.25, -0.2) is 13.4 Å². The monoisotopic (exact) mass is 368 g/mol. The summed E-state index contributed by atoms with van der Waals surface area (Å²) in [4.78, 5) is 15.8. The zero-order chi connectivity index (χ0) is 13.3. The van der Waals surface area contributed by atoms with Crippen LogP contribution in [0.3, 0.4) is 0 Å². The van der Waals surface area contributed by atoms with Crippen molar-refractivity contribution in [2.45, 2.75) is 18.6 Å². The summed E-state index contributed by atoms with van der Waals surface area (Å²) in [5.74, 6) is -0.249. The number of sulfone groups is 1. The molecule has 0 saturated heterocycles. The van der Waals surface area contributed by atoms with Crippen LogP contribution in [0, 0.1) is 3.57 Å². The van der Waals surface area contributed by atoms with E-state index in [0.29, 0.717) is 5.82 Å². The van der Waals surface area contributed by atoms with Gasteiger partial charge in [-0.1, -0.05) is 0 Å². The smallest absolute Gasteiger partial charge is 0.246 e. The van der Waals surface area contributed by atoms with Gasteiger partial charge in [0.25, 0.3) is 0 Å². The van der Waals surface area contributed by atoms with Crippen molar-refractivity contribution < 1.29 is 13.2 Å². The number of nitrogens with zero attached hydrogens (tertiary/aromatic N) is 1. The van der Waals surface area contributed by atoms with E-state index in [1.54, 1.807) is 18.3 Å². The minimum Gasteiger partial charge on any atom is -0.309 e. The zero-order valence-electron chi connectivity index (χ0n) is 9.69. The van der Waals surface area contributed by atoms with Crippen molar-refractivity contribution in [2.24, 2.45) is 0 Å². The number of hydrogen-bond donors (Lipinski definition) is 1. The third-order valence-corrected chi connectivity index (χ3v) is 5.12. The Hall–Kier alpha value is -0.700. The quantitative estimate of drug-likeness (QED) is 0.820. The molecule has 1 N–H and O–H groups in total. The van der Waals surface area contributed by atoms with Crippen LogP contribution in [-0.4, -0.2) is 30.3 Å². The average Bonchev–Trinajstić information content (AvgIpc) is 2.19. The second kappa shape index (κ2) is 4.89. The Kier molecular flexibility index (Phi) is 4.13. The van der Waals surface area contributed by atoms with Gasteiger partial charge in [0.2, 0.25) is 5.91 Å². The Morgan fingerprint density at radius 3 is 2.41 bits per heavy atom. The fourth-order valence-electron chi connectivity index (χ4n) is 0.885. The van der Waals surface area contributed by atoms with Crippen LogP contribution < -0.4 is 5.32 Å². The molecule has 1 amide bonds. The molecule has 1 aromatic heterocycles. The van der Waals surface area contributed by atoms with Crippen LogP contribution in [0.5, 0.6) is 0 Å². The van der Waals surface area contributed by atoms with Gasteiger partial charge in [0, 0.05) is 16.0 Å². The molecule has 1 rings (SSSR count). The molecule has 0 aromatic carbocycles. The fourth-order valence-corrected chi connectivity index (χ4v) is 1.59. The molecule has 0 fully saturated rings. The molecule has 0 unspecified atom stereocenters. The van der Waals surface area contributed by atoms with Crippen LogP contribution in [-0.2, 0) is 14.6 Å². The molecule has 0 radical (unpaired) electrons. The second-order valence-corrected chi connectivity index (χ2v) is 7.91. The lowest BCUT2D eigenvalue weighted by molar-refractivity contribution is -0.117. The third kappa shape index (κ3) is 3.38. The van der Waals surface area contributed by atoms with Crippen molar-refractivity contribution >= 4 is 44.2 Å². The summed E-state index contributed by atoms with van der Waals surface area (Å²) in [5.41, 5.74) is 0. The van der Waals surface area contributed by atoms with E-state index in [9.17, 15) is 13.2 Å². The van der Waals surface area contributed by atoms with E-state index in [1.165, 1.54) is 13.8 Å². The van der Waals surface area contributed by atoms with Gasteiger partial charge in [-0.15, -0.1) is 0 Å². The predicted octanol–water partition coefficient (Wildman–Crippen LogP) is 1.45. The molecule has 5 nitrogen and oxygen atoms in total. The van der Waals surface area contributed by atoms with Crippen LogP contribution >= 0.6 is 22.6 Å². The van der Waals surface area contributed by atoms with Crippen molar-refractivity contribution in [2.75, 3.05) is 11.6 Å². The van der Waals surface area contributed by atoms with Gasteiger partial charge in [0.05, 0.1) is 0 Å². The van der Waals surface area contributed by atoms with E-state index in [-0.39, 0.29) is 0 Å². The molecule has 0 spiro atoms. The highest BCUT2D eigenvalue weighted by Crippen LogP contribution is 2.17. The van der Waals surface area contributed by atoms with Gasteiger partial charge in [-0.3, -0.25) is 4.79 Å². The summed E-state index contributed by atoms with van der Waals surface area (Å²) in [6.45, 7) is 2.73. The minimum absolute atomic E-state index is 0.340. The summed E-state index contributed by atoms with van der Waals surface area (Å²) < 4.78 is 22.4. The van der Waals surface area contributed by atoms with Gasteiger partial charge in [-0.2, -0.15) is 0 Å². The van der Waals surface area contributed by atoms with E-state index in [1.807, 2.05) is 0 Å². The van der Waals surface area contributed by atoms with Crippen molar-refractivity contribution in [3.8, 4) is 0 Å². The Labute approximate surface area is 114 Å². The predicted molar refractivity (Wildman–Crippen MR) is 74.5 cm³/mol. The highest BCUT2D eigenvalue weighted by molar-refractivity contribution is 14.1. The minimum atomic E-state index is -3.47. The number of carbonyl (C=O) groups excluding carboxylic acids is 1. The largest absolute Gasteiger partial charge is 0.309 e. The second-order valence-electron chi connectivity index (χ2n) is 4.10. The summed E-state index contributed by atoms with van der Waals surface area (Å²) in [6, 6.07) is 3.40. The lowest BCUT2D eigenvalue weighted by Gasteiger charge is -2.20. The first kappa shape index (κ1) is 14.4. The van der Waals surface area contributed by atoms with Crippen LogP contribution in [0.15, 0.2) is 18.3 Å². The SMILES string of the molecule is CC(C)(C(=O)Nc1ccc(I)cn1)S(C)(=O)=O. The van der Waals surface area contributed by atoms with Crippen molar-refractivity contribution in [1.82, 2.24) is 4.98 Å². The molecule has 1 aromatic rings. The van der Waals surface area contributed by atoms with Crippen molar-refractivity contribution in [3.05, 3.63) is 21.9 Å². The molecular formula is C10H13IN2O3S. The first-order chi connectivity index (χ1) is 7.64. The number of carbonyl (C=O) groups is 1. The number of rotatable bonds is 3. The van der Waals surface area contributed by atoms with Crippen molar-refractivity contribution in [1.29, 1.82) is 0 Å². The molecule has 7 heteroatoms. The van der Waals surface area contributed by atoms with E-state index in [2.05, 4.69) is 32.9 Å². The van der Waals surface area contributed by atoms with E-state index in [4.69, 9.17) is 0 Å². The number of halogens is 1. The molecule has 0 aliphatic rings. The van der Waals surface area contributed by atoms with Crippen LogP contribution in [0.2, 0.25) is 0 Å². The normalized spacial score (nSPS) is 12.2. The molecule has 1 heterocycles. The van der Waals surface area contributed by atoms with Gasteiger partial charge >= 0.3 is 0 Å². The molecule has 17 heavy (non-hydrogen) atoms. The first-order valence-corrected chi connectivity index (χ1v) is 7.74. The molecule has 94 valence electrons. The van der Waals surface area contributed by atoms with Gasteiger partial charge in [0.1, 0.15) is 10.6 Å². The Morgan fingerprint density at radius 2 is 2.00 bits per heavy atom. The lowest BCUT2D eigenvalue weighted by Crippen LogP contribution is -2.44. The third-order valence-electron chi connectivity index (χ3n) is 2.44. The maximum absolute atomic E-state index is 11.8. The Morgan fingerprint density at radius 1 is 1.41 bits per heavy atom. The number of aromatic nitrogens is 1.